The Morgan fingerprint density at radius 1 is 1.17 bits per heavy atom. The monoisotopic (exact) mass is 436 g/mol. The van der Waals surface area contributed by atoms with Gasteiger partial charge in [0.2, 0.25) is 0 Å². The lowest BCUT2D eigenvalue weighted by Crippen LogP contribution is -2.22. The molecule has 0 fully saturated rings. The zero-order chi connectivity index (χ0) is 21.9. The van der Waals surface area contributed by atoms with Crippen LogP contribution in [-0.2, 0) is 12.7 Å². The summed E-state index contributed by atoms with van der Waals surface area (Å²) < 4.78 is 41.2. The molecule has 0 radical (unpaired) electrons. The molecule has 3 aromatic rings. The van der Waals surface area contributed by atoms with Crippen molar-refractivity contribution in [3.05, 3.63) is 76.6 Å². The van der Waals surface area contributed by atoms with Crippen LogP contribution in [0.4, 0.5) is 24.5 Å². The van der Waals surface area contributed by atoms with Crippen molar-refractivity contribution < 1.29 is 18.0 Å². The molecule has 0 aliphatic rings. The summed E-state index contributed by atoms with van der Waals surface area (Å²) in [7, 11) is 0. The third-order valence-electron chi connectivity index (χ3n) is 4.35. The molecule has 0 spiro atoms. The molecule has 9 heteroatoms. The molecular formula is C21H20ClF3N4O. The van der Waals surface area contributed by atoms with Gasteiger partial charge in [0, 0.05) is 18.3 Å². The lowest BCUT2D eigenvalue weighted by molar-refractivity contribution is -0.145. The Morgan fingerprint density at radius 2 is 1.87 bits per heavy atom. The van der Waals surface area contributed by atoms with Crippen molar-refractivity contribution in [2.45, 2.75) is 32.6 Å². The minimum Gasteiger partial charge on any atom is -0.380 e. The Balaban J connectivity index is 1.75. The van der Waals surface area contributed by atoms with Crippen molar-refractivity contribution >= 4 is 28.9 Å². The molecule has 5 nitrogen and oxygen atoms in total. The highest BCUT2D eigenvalue weighted by Gasteiger charge is 2.40. The average molecular weight is 437 g/mol. The molecule has 1 amide bonds. The second-order valence-electron chi connectivity index (χ2n) is 6.93. The molecule has 0 aliphatic heterocycles. The first kappa shape index (κ1) is 21.7. The summed E-state index contributed by atoms with van der Waals surface area (Å²) in [6.45, 7) is 3.67. The number of carbonyl (C=O) groups is 1. The quantitative estimate of drug-likeness (QED) is 0.498. The van der Waals surface area contributed by atoms with Crippen LogP contribution in [0.15, 0.2) is 54.7 Å². The van der Waals surface area contributed by atoms with Crippen LogP contribution in [0.25, 0.3) is 0 Å². The van der Waals surface area contributed by atoms with E-state index in [0.29, 0.717) is 17.3 Å². The number of nitrogens with one attached hydrogen (secondary N) is 2. The largest absolute Gasteiger partial charge is 0.433 e. The normalized spacial score (nSPS) is 11.6. The number of alkyl halides is 3. The van der Waals surface area contributed by atoms with Crippen LogP contribution < -0.4 is 10.6 Å². The lowest BCUT2D eigenvalue weighted by Gasteiger charge is -2.15. The smallest absolute Gasteiger partial charge is 0.380 e. The number of aromatic nitrogens is 2. The molecule has 0 unspecified atom stereocenters. The van der Waals surface area contributed by atoms with Crippen molar-refractivity contribution in [2.75, 3.05) is 10.6 Å². The van der Waals surface area contributed by atoms with Gasteiger partial charge in [0.25, 0.3) is 5.91 Å². The summed E-state index contributed by atoms with van der Waals surface area (Å²) in [6.07, 6.45) is -3.79. The van der Waals surface area contributed by atoms with Crippen molar-refractivity contribution in [1.29, 1.82) is 0 Å². The first-order valence-corrected chi connectivity index (χ1v) is 9.58. The lowest BCUT2D eigenvalue weighted by atomic mass is 10.2. The number of amides is 1. The van der Waals surface area contributed by atoms with Gasteiger partial charge in [0.05, 0.1) is 22.5 Å². The van der Waals surface area contributed by atoms with Gasteiger partial charge in [0.1, 0.15) is 0 Å². The summed E-state index contributed by atoms with van der Waals surface area (Å²) >= 11 is 6.26. The highest BCUT2D eigenvalue weighted by atomic mass is 35.5. The predicted octanol–water partition coefficient (Wildman–Crippen LogP) is 6.00. The Bertz CT molecular complexity index is 1030. The third-order valence-corrected chi connectivity index (χ3v) is 4.66. The highest BCUT2D eigenvalue weighted by Crippen LogP contribution is 2.34. The Kier molecular flexibility index (Phi) is 6.36. The predicted molar refractivity (Wildman–Crippen MR) is 111 cm³/mol. The maximum absolute atomic E-state index is 13.5. The Hall–Kier alpha value is -3.00. The van der Waals surface area contributed by atoms with E-state index < -0.39 is 29.4 Å². The number of benzene rings is 2. The van der Waals surface area contributed by atoms with E-state index in [2.05, 4.69) is 15.7 Å². The van der Waals surface area contributed by atoms with E-state index in [1.54, 1.807) is 26.0 Å². The topological polar surface area (TPSA) is 59.0 Å². The van der Waals surface area contributed by atoms with Crippen molar-refractivity contribution in [3.63, 3.8) is 0 Å². The first-order valence-electron chi connectivity index (χ1n) is 9.20. The second kappa shape index (κ2) is 8.79. The van der Waals surface area contributed by atoms with Crippen LogP contribution in [0.1, 0.15) is 41.5 Å². The van der Waals surface area contributed by atoms with E-state index in [9.17, 15) is 18.0 Å². The molecule has 0 aliphatic carbocycles. The number of carbonyl (C=O) groups excluding carboxylic acids is 1. The molecule has 2 aromatic carbocycles. The zero-order valence-electron chi connectivity index (χ0n) is 16.3. The number of anilines is 2. The molecule has 0 saturated heterocycles. The molecule has 2 N–H and O–H groups in total. The SMILES string of the molecule is CC(C)n1ncc(C(=O)Nc2ccc(NCc3ccccc3)c(Cl)c2)c1C(F)(F)F. The zero-order valence-corrected chi connectivity index (χ0v) is 17.1. The number of hydrogen-bond donors (Lipinski definition) is 2. The van der Waals surface area contributed by atoms with Gasteiger partial charge in [-0.3, -0.25) is 9.48 Å². The van der Waals surface area contributed by atoms with E-state index in [1.165, 1.54) is 6.07 Å². The van der Waals surface area contributed by atoms with Crippen molar-refractivity contribution in [3.8, 4) is 0 Å². The van der Waals surface area contributed by atoms with Crippen LogP contribution >= 0.6 is 11.6 Å². The van der Waals surface area contributed by atoms with Crippen LogP contribution in [0.5, 0.6) is 0 Å². The molecule has 0 bridgehead atoms. The maximum atomic E-state index is 13.5. The first-order chi connectivity index (χ1) is 14.2. The van der Waals surface area contributed by atoms with Gasteiger partial charge in [-0.05, 0) is 37.6 Å². The highest BCUT2D eigenvalue weighted by molar-refractivity contribution is 6.33. The van der Waals surface area contributed by atoms with Crippen LogP contribution in [-0.4, -0.2) is 15.7 Å². The van der Waals surface area contributed by atoms with Crippen LogP contribution in [0, 0.1) is 0 Å². The molecular weight excluding hydrogens is 417 g/mol. The number of nitrogens with zero attached hydrogens (tertiary/aromatic N) is 2. The summed E-state index contributed by atoms with van der Waals surface area (Å²) in [6, 6.07) is 13.8. The van der Waals surface area contributed by atoms with Gasteiger partial charge in [0.15, 0.2) is 5.69 Å². The molecule has 0 atom stereocenters. The average Bonchev–Trinajstić information content (AvgIpc) is 3.14. The second-order valence-corrected chi connectivity index (χ2v) is 7.34. The van der Waals surface area contributed by atoms with Crippen LogP contribution in [0.2, 0.25) is 5.02 Å². The fourth-order valence-corrected chi connectivity index (χ4v) is 3.18. The molecule has 3 rings (SSSR count). The standard InChI is InChI=1S/C21H20ClF3N4O/c1-13(2)29-19(21(23,24)25)16(12-27-29)20(30)28-15-8-9-18(17(22)10-15)26-11-14-6-4-3-5-7-14/h3-10,12-13,26H,11H2,1-2H3,(H,28,30). The summed E-state index contributed by atoms with van der Waals surface area (Å²) in [5, 5.41) is 9.70. The van der Waals surface area contributed by atoms with E-state index in [4.69, 9.17) is 11.6 Å². The van der Waals surface area contributed by atoms with Crippen molar-refractivity contribution in [1.82, 2.24) is 9.78 Å². The van der Waals surface area contributed by atoms with E-state index in [0.717, 1.165) is 16.4 Å². The number of hydrogen-bond acceptors (Lipinski definition) is 3. The molecule has 30 heavy (non-hydrogen) atoms. The summed E-state index contributed by atoms with van der Waals surface area (Å²) in [5.74, 6) is -0.907. The fourth-order valence-electron chi connectivity index (χ4n) is 2.93. The van der Waals surface area contributed by atoms with E-state index >= 15 is 0 Å². The summed E-state index contributed by atoms with van der Waals surface area (Å²) in [4.78, 5) is 12.5. The molecule has 1 heterocycles. The van der Waals surface area contributed by atoms with Gasteiger partial charge in [-0.15, -0.1) is 0 Å². The molecule has 1 aromatic heterocycles. The number of rotatable bonds is 6. The van der Waals surface area contributed by atoms with Gasteiger partial charge in [-0.1, -0.05) is 41.9 Å². The minimum atomic E-state index is -4.71. The third kappa shape index (κ3) is 4.94. The maximum Gasteiger partial charge on any atom is 0.433 e. The van der Waals surface area contributed by atoms with E-state index in [-0.39, 0.29) is 5.69 Å². The summed E-state index contributed by atoms with van der Waals surface area (Å²) in [5.41, 5.74) is 0.358. The van der Waals surface area contributed by atoms with E-state index in [1.807, 2.05) is 30.3 Å². The van der Waals surface area contributed by atoms with Crippen LogP contribution in [0.3, 0.4) is 0 Å². The molecule has 158 valence electrons. The van der Waals surface area contributed by atoms with Gasteiger partial charge in [-0.25, -0.2) is 0 Å². The molecule has 0 saturated carbocycles. The Labute approximate surface area is 176 Å². The Morgan fingerprint density at radius 3 is 2.47 bits per heavy atom. The fraction of sp³-hybridized carbons (Fsp3) is 0.238. The van der Waals surface area contributed by atoms with Crippen molar-refractivity contribution in [2.24, 2.45) is 0 Å². The van der Waals surface area contributed by atoms with Gasteiger partial charge < -0.3 is 10.6 Å². The van der Waals surface area contributed by atoms with Gasteiger partial charge >= 0.3 is 6.18 Å². The minimum absolute atomic E-state index is 0.278. The van der Waals surface area contributed by atoms with Gasteiger partial charge in [-0.2, -0.15) is 18.3 Å². The number of halogens is 4.